The third-order valence-electron chi connectivity index (χ3n) is 3.73. The van der Waals surface area contributed by atoms with Gasteiger partial charge in [0.2, 0.25) is 0 Å². The summed E-state index contributed by atoms with van der Waals surface area (Å²) in [7, 11) is 1.55. The van der Waals surface area contributed by atoms with Crippen molar-refractivity contribution in [1.29, 1.82) is 0 Å². The predicted octanol–water partition coefficient (Wildman–Crippen LogP) is 2.94. The Morgan fingerprint density at radius 1 is 1.18 bits per heavy atom. The van der Waals surface area contributed by atoms with Crippen molar-refractivity contribution in [2.24, 2.45) is 0 Å². The molecule has 1 N–H and O–H groups in total. The quantitative estimate of drug-likeness (QED) is 0.296. The minimum atomic E-state index is -0.945. The van der Waals surface area contributed by atoms with Crippen molar-refractivity contribution in [3.05, 3.63) is 64.2 Å². The van der Waals surface area contributed by atoms with Gasteiger partial charge in [-0.25, -0.2) is 0 Å². The highest BCUT2D eigenvalue weighted by atomic mass is 32.2. The van der Waals surface area contributed by atoms with Crippen molar-refractivity contribution in [3.63, 3.8) is 0 Å². The van der Waals surface area contributed by atoms with Crippen molar-refractivity contribution in [1.82, 2.24) is 5.32 Å². The second-order valence-electron chi connectivity index (χ2n) is 5.70. The number of nitro groups is 1. The van der Waals surface area contributed by atoms with Crippen molar-refractivity contribution in [2.75, 3.05) is 12.9 Å². The Morgan fingerprint density at radius 3 is 2.50 bits per heavy atom. The zero-order valence-corrected chi connectivity index (χ0v) is 16.2. The highest BCUT2D eigenvalue weighted by Gasteiger charge is 2.18. The molecule has 28 heavy (non-hydrogen) atoms. The van der Waals surface area contributed by atoms with Gasteiger partial charge in [0.1, 0.15) is 5.75 Å². The molecule has 0 saturated heterocycles. The number of thioether (sulfide) groups is 1. The second kappa shape index (κ2) is 10.3. The number of hydrogen-bond donors (Lipinski definition) is 1. The first kappa shape index (κ1) is 21.2. The number of para-hydroxylation sites is 1. The number of non-ortho nitro benzene ring substituents is 1. The van der Waals surface area contributed by atoms with Crippen LogP contribution in [-0.2, 0) is 20.9 Å². The van der Waals surface area contributed by atoms with Gasteiger partial charge in [-0.3, -0.25) is 19.7 Å². The molecule has 0 aromatic heterocycles. The highest BCUT2D eigenvalue weighted by molar-refractivity contribution is 8.00. The topological polar surface area (TPSA) is 108 Å². The summed E-state index contributed by atoms with van der Waals surface area (Å²) >= 11 is 1.17. The maximum absolute atomic E-state index is 12.1. The Morgan fingerprint density at radius 2 is 1.86 bits per heavy atom. The van der Waals surface area contributed by atoms with Gasteiger partial charge in [-0.05, 0) is 25.1 Å². The molecule has 2 rings (SSSR count). The average Bonchev–Trinajstić information content (AvgIpc) is 2.70. The zero-order chi connectivity index (χ0) is 20.5. The van der Waals surface area contributed by atoms with E-state index in [-0.39, 0.29) is 18.0 Å². The van der Waals surface area contributed by atoms with E-state index in [4.69, 9.17) is 9.47 Å². The number of carbonyl (C=O) groups is 2. The van der Waals surface area contributed by atoms with Crippen LogP contribution in [0, 0.1) is 10.1 Å². The fraction of sp³-hybridized carbons (Fsp3) is 0.263. The fourth-order valence-electron chi connectivity index (χ4n) is 2.27. The molecule has 9 heteroatoms. The smallest absolute Gasteiger partial charge is 0.317 e. The van der Waals surface area contributed by atoms with Crippen LogP contribution in [0.25, 0.3) is 0 Å². The van der Waals surface area contributed by atoms with Gasteiger partial charge in [-0.1, -0.05) is 18.2 Å². The van der Waals surface area contributed by atoms with Crippen LogP contribution in [-0.4, -0.2) is 35.8 Å². The lowest BCUT2D eigenvalue weighted by Crippen LogP contribution is -2.35. The fourth-order valence-corrected chi connectivity index (χ4v) is 2.95. The number of nitrogens with zero attached hydrogens (tertiary/aromatic N) is 1. The highest BCUT2D eigenvalue weighted by Crippen LogP contribution is 2.21. The Bertz CT molecular complexity index is 841. The normalized spacial score (nSPS) is 11.4. The standard InChI is InChI=1S/C19H20N2O6S/c1-13(19(23)20-11-14-5-3-4-6-17(14)26-2)27-18(22)12-28-16-9-7-15(8-10-16)21(24)25/h3-10,13H,11-12H2,1-2H3,(H,20,23)/t13-/m1/s1. The molecular formula is C19H20N2O6S. The molecular weight excluding hydrogens is 384 g/mol. The van der Waals surface area contributed by atoms with Gasteiger partial charge >= 0.3 is 5.97 Å². The molecule has 0 saturated carbocycles. The van der Waals surface area contributed by atoms with E-state index in [1.54, 1.807) is 25.3 Å². The van der Waals surface area contributed by atoms with Crippen LogP contribution in [0.4, 0.5) is 5.69 Å². The Balaban J connectivity index is 1.77. The first-order valence-electron chi connectivity index (χ1n) is 8.37. The number of nitro benzene ring substituents is 1. The van der Waals surface area contributed by atoms with Gasteiger partial charge in [0.25, 0.3) is 11.6 Å². The number of hydrogen-bond acceptors (Lipinski definition) is 7. The number of carbonyl (C=O) groups excluding carboxylic acids is 2. The van der Waals surface area contributed by atoms with Crippen molar-refractivity contribution in [3.8, 4) is 5.75 Å². The van der Waals surface area contributed by atoms with Crippen LogP contribution in [0.2, 0.25) is 0 Å². The molecule has 0 unspecified atom stereocenters. The van der Waals surface area contributed by atoms with Crippen LogP contribution in [0.3, 0.4) is 0 Å². The van der Waals surface area contributed by atoms with Crippen molar-refractivity contribution in [2.45, 2.75) is 24.5 Å². The molecule has 0 aliphatic carbocycles. The summed E-state index contributed by atoms with van der Waals surface area (Å²) in [6, 6.07) is 13.1. The summed E-state index contributed by atoms with van der Waals surface area (Å²) in [5.74, 6) is -0.322. The lowest BCUT2D eigenvalue weighted by atomic mass is 10.2. The molecule has 0 radical (unpaired) electrons. The summed E-state index contributed by atoms with van der Waals surface area (Å²) in [5, 5.41) is 13.3. The number of esters is 1. The van der Waals surface area contributed by atoms with Gasteiger partial charge in [0.05, 0.1) is 17.8 Å². The van der Waals surface area contributed by atoms with Gasteiger partial charge in [0, 0.05) is 29.1 Å². The van der Waals surface area contributed by atoms with Crippen LogP contribution < -0.4 is 10.1 Å². The second-order valence-corrected chi connectivity index (χ2v) is 6.75. The first-order valence-corrected chi connectivity index (χ1v) is 9.35. The van der Waals surface area contributed by atoms with Crippen LogP contribution >= 0.6 is 11.8 Å². The number of ether oxygens (including phenoxy) is 2. The van der Waals surface area contributed by atoms with Gasteiger partial charge in [-0.15, -0.1) is 11.8 Å². The number of nitrogens with one attached hydrogen (secondary N) is 1. The maximum Gasteiger partial charge on any atom is 0.317 e. The van der Waals surface area contributed by atoms with E-state index in [2.05, 4.69) is 5.32 Å². The van der Waals surface area contributed by atoms with Crippen LogP contribution in [0.5, 0.6) is 5.75 Å². The summed E-state index contributed by atoms with van der Waals surface area (Å²) in [4.78, 5) is 34.9. The number of benzene rings is 2. The molecule has 0 spiro atoms. The van der Waals surface area contributed by atoms with Crippen molar-refractivity contribution < 1.29 is 24.0 Å². The predicted molar refractivity (Wildman–Crippen MR) is 104 cm³/mol. The first-order chi connectivity index (χ1) is 13.4. The Labute approximate surface area is 166 Å². The van der Waals surface area contributed by atoms with Gasteiger partial charge in [0.15, 0.2) is 6.10 Å². The van der Waals surface area contributed by atoms with E-state index in [0.29, 0.717) is 10.6 Å². The zero-order valence-electron chi connectivity index (χ0n) is 15.4. The van der Waals surface area contributed by atoms with Crippen LogP contribution in [0.1, 0.15) is 12.5 Å². The lowest BCUT2D eigenvalue weighted by molar-refractivity contribution is -0.384. The summed E-state index contributed by atoms with van der Waals surface area (Å²) in [6.07, 6.45) is -0.945. The minimum absolute atomic E-state index is 0.0120. The molecule has 0 aliphatic heterocycles. The number of amides is 1. The minimum Gasteiger partial charge on any atom is -0.496 e. The molecule has 8 nitrogen and oxygen atoms in total. The van der Waals surface area contributed by atoms with E-state index in [0.717, 1.165) is 5.56 Å². The summed E-state index contributed by atoms with van der Waals surface area (Å²) < 4.78 is 10.3. The van der Waals surface area contributed by atoms with E-state index < -0.39 is 22.9 Å². The Hall–Kier alpha value is -3.07. The van der Waals surface area contributed by atoms with E-state index in [1.165, 1.54) is 30.8 Å². The molecule has 1 atom stereocenters. The van der Waals surface area contributed by atoms with Crippen molar-refractivity contribution >= 4 is 29.3 Å². The SMILES string of the molecule is COc1ccccc1CNC(=O)[C@@H](C)OC(=O)CSc1ccc([N+](=O)[O-])cc1. The monoisotopic (exact) mass is 404 g/mol. The van der Waals surface area contributed by atoms with E-state index in [1.807, 2.05) is 18.2 Å². The molecule has 0 bridgehead atoms. The average molecular weight is 404 g/mol. The molecule has 2 aromatic carbocycles. The molecule has 0 aliphatic rings. The largest absolute Gasteiger partial charge is 0.496 e. The molecule has 0 fully saturated rings. The lowest BCUT2D eigenvalue weighted by Gasteiger charge is -2.14. The molecule has 0 heterocycles. The summed E-state index contributed by atoms with van der Waals surface area (Å²) in [6.45, 7) is 1.74. The van der Waals surface area contributed by atoms with Crippen LogP contribution in [0.15, 0.2) is 53.4 Å². The third kappa shape index (κ3) is 6.27. The van der Waals surface area contributed by atoms with Gasteiger partial charge in [-0.2, -0.15) is 0 Å². The third-order valence-corrected chi connectivity index (χ3v) is 4.71. The van der Waals surface area contributed by atoms with Gasteiger partial charge < -0.3 is 14.8 Å². The summed E-state index contributed by atoms with van der Waals surface area (Å²) in [5.41, 5.74) is 0.790. The van der Waals surface area contributed by atoms with E-state index in [9.17, 15) is 19.7 Å². The molecule has 2 aromatic rings. The number of rotatable bonds is 9. The maximum atomic E-state index is 12.1. The molecule has 1 amide bonds. The molecule has 148 valence electrons. The Kier molecular flexibility index (Phi) is 7.82. The van der Waals surface area contributed by atoms with E-state index >= 15 is 0 Å². The number of methoxy groups -OCH3 is 1.